The van der Waals surface area contributed by atoms with Gasteiger partial charge in [-0.1, -0.05) is 74.0 Å². The lowest BCUT2D eigenvalue weighted by atomic mass is 9.52. The highest BCUT2D eigenvalue weighted by atomic mass is 16.5. The topological polar surface area (TPSA) is 63.6 Å². The van der Waals surface area contributed by atoms with Gasteiger partial charge in [0.25, 0.3) is 0 Å². The molecule has 1 aliphatic rings. The number of carbonyl (C=O) groups is 2. The maximum absolute atomic E-state index is 12.8. The zero-order valence-corrected chi connectivity index (χ0v) is 14.9. The van der Waals surface area contributed by atoms with Crippen LogP contribution in [0.25, 0.3) is 0 Å². The Balaban J connectivity index is 1.95. The summed E-state index contributed by atoms with van der Waals surface area (Å²) >= 11 is 0. The third-order valence-corrected chi connectivity index (χ3v) is 5.22. The zero-order chi connectivity index (χ0) is 18.5. The minimum absolute atomic E-state index is 0.293. The molecule has 4 nitrogen and oxygen atoms in total. The van der Waals surface area contributed by atoms with E-state index in [2.05, 4.69) is 0 Å². The van der Waals surface area contributed by atoms with E-state index in [0.29, 0.717) is 6.61 Å². The van der Waals surface area contributed by atoms with Crippen LogP contribution >= 0.6 is 0 Å². The van der Waals surface area contributed by atoms with Crippen molar-refractivity contribution in [3.8, 4) is 0 Å². The fourth-order valence-corrected chi connectivity index (χ4v) is 3.94. The Morgan fingerprint density at radius 3 is 1.81 bits per heavy atom. The molecule has 0 aromatic heterocycles. The summed E-state index contributed by atoms with van der Waals surface area (Å²) < 4.78 is 5.49. The smallest absolute Gasteiger partial charge is 0.310 e. The van der Waals surface area contributed by atoms with Crippen LogP contribution in [0.5, 0.6) is 0 Å². The lowest BCUT2D eigenvalue weighted by Gasteiger charge is -2.49. The minimum Gasteiger partial charge on any atom is -0.481 e. The summed E-state index contributed by atoms with van der Waals surface area (Å²) in [6.45, 7) is 2.42. The number of ether oxygens (including phenoxy) is 1. The van der Waals surface area contributed by atoms with Crippen LogP contribution in [-0.4, -0.2) is 23.7 Å². The molecule has 0 heterocycles. The molecule has 1 fully saturated rings. The van der Waals surface area contributed by atoms with Gasteiger partial charge in [-0.2, -0.15) is 0 Å². The van der Waals surface area contributed by atoms with Gasteiger partial charge < -0.3 is 9.84 Å². The molecule has 136 valence electrons. The van der Waals surface area contributed by atoms with Crippen LogP contribution < -0.4 is 0 Å². The van der Waals surface area contributed by atoms with Crippen molar-refractivity contribution in [3.05, 3.63) is 71.8 Å². The molecule has 2 aromatic rings. The van der Waals surface area contributed by atoms with E-state index in [1.807, 2.05) is 67.6 Å². The molecule has 3 rings (SSSR count). The second-order valence-corrected chi connectivity index (χ2v) is 6.78. The van der Waals surface area contributed by atoms with Crippen LogP contribution in [0.2, 0.25) is 0 Å². The number of hydrogen-bond donors (Lipinski definition) is 1. The summed E-state index contributed by atoms with van der Waals surface area (Å²) in [6, 6.07) is 18.9. The van der Waals surface area contributed by atoms with Crippen LogP contribution in [-0.2, 0) is 14.3 Å². The Hall–Kier alpha value is -2.62. The number of rotatable bonds is 7. The zero-order valence-electron chi connectivity index (χ0n) is 14.9. The second kappa shape index (κ2) is 8.17. The first-order valence-electron chi connectivity index (χ1n) is 9.14. The van der Waals surface area contributed by atoms with Gasteiger partial charge in [-0.25, -0.2) is 0 Å². The molecule has 0 bridgehead atoms. The molecule has 0 radical (unpaired) electrons. The van der Waals surface area contributed by atoms with Crippen molar-refractivity contribution in [1.82, 2.24) is 0 Å². The molecule has 0 amide bonds. The van der Waals surface area contributed by atoms with E-state index in [1.165, 1.54) is 0 Å². The van der Waals surface area contributed by atoms with Gasteiger partial charge in [-0.15, -0.1) is 0 Å². The molecule has 0 aliphatic heterocycles. The average Bonchev–Trinajstić information content (AvgIpc) is 2.62. The quantitative estimate of drug-likeness (QED) is 0.598. The van der Waals surface area contributed by atoms with Crippen molar-refractivity contribution < 1.29 is 19.4 Å². The molecule has 2 aromatic carbocycles. The first-order valence-corrected chi connectivity index (χ1v) is 9.14. The molecular weight excluding hydrogens is 328 g/mol. The average molecular weight is 352 g/mol. The molecule has 4 heteroatoms. The maximum Gasteiger partial charge on any atom is 0.310 e. The fraction of sp³-hybridized carbons (Fsp3) is 0.364. The van der Waals surface area contributed by atoms with E-state index in [-0.39, 0.29) is 17.8 Å². The number of carboxylic acid groups (broad SMARTS) is 1. The Kier molecular flexibility index (Phi) is 5.71. The monoisotopic (exact) mass is 352 g/mol. The highest BCUT2D eigenvalue weighted by molar-refractivity contribution is 5.84. The first-order chi connectivity index (χ1) is 12.6. The van der Waals surface area contributed by atoms with Crippen molar-refractivity contribution in [2.45, 2.75) is 31.6 Å². The van der Waals surface area contributed by atoms with Crippen LogP contribution in [0, 0.1) is 11.8 Å². The summed E-state index contributed by atoms with van der Waals surface area (Å²) in [5.74, 6) is -3.01. The third kappa shape index (κ3) is 3.50. The van der Waals surface area contributed by atoms with E-state index >= 15 is 0 Å². The molecule has 2 atom stereocenters. The van der Waals surface area contributed by atoms with Crippen LogP contribution in [0.15, 0.2) is 60.7 Å². The molecule has 1 N–H and O–H groups in total. The summed E-state index contributed by atoms with van der Waals surface area (Å²) in [7, 11) is 0. The predicted octanol–water partition coefficient (Wildman–Crippen LogP) is 4.23. The molecule has 26 heavy (non-hydrogen) atoms. The van der Waals surface area contributed by atoms with E-state index in [1.54, 1.807) is 0 Å². The Morgan fingerprint density at radius 1 is 0.885 bits per heavy atom. The Bertz CT molecular complexity index is 694. The number of aliphatic carboxylic acids is 1. The maximum atomic E-state index is 12.8. The second-order valence-electron chi connectivity index (χ2n) is 6.78. The van der Waals surface area contributed by atoms with Gasteiger partial charge in [0.15, 0.2) is 0 Å². The highest BCUT2D eigenvalue weighted by Gasteiger charge is 2.59. The molecular formula is C22H24O4. The van der Waals surface area contributed by atoms with Gasteiger partial charge >= 0.3 is 11.9 Å². The van der Waals surface area contributed by atoms with Gasteiger partial charge in [0, 0.05) is 11.8 Å². The summed E-state index contributed by atoms with van der Waals surface area (Å²) in [5, 5.41) is 9.86. The fourth-order valence-electron chi connectivity index (χ4n) is 3.94. The van der Waals surface area contributed by atoms with Crippen molar-refractivity contribution in [1.29, 1.82) is 0 Å². The van der Waals surface area contributed by atoms with Crippen molar-refractivity contribution >= 4 is 11.9 Å². The number of hydrogen-bond acceptors (Lipinski definition) is 3. The molecule has 1 aliphatic carbocycles. The summed E-state index contributed by atoms with van der Waals surface area (Å²) in [6.07, 6.45) is 1.76. The standard InChI is InChI=1S/C22H24O4/c1-2-3-14-26-22(25)20-17(15-10-6-4-7-11-15)19(21(23)24)18(20)16-12-8-5-9-13-16/h4-13,17-20H,2-3,14H2,1H3,(H,23,24). The first kappa shape index (κ1) is 18.2. The van der Waals surface area contributed by atoms with Gasteiger partial charge in [0.2, 0.25) is 0 Å². The van der Waals surface area contributed by atoms with E-state index in [0.717, 1.165) is 24.0 Å². The largest absolute Gasteiger partial charge is 0.481 e. The third-order valence-electron chi connectivity index (χ3n) is 5.22. The Labute approximate surface area is 153 Å². The van der Waals surface area contributed by atoms with Gasteiger partial charge in [-0.05, 0) is 17.5 Å². The molecule has 1 saturated carbocycles. The number of carboxylic acids is 1. The van der Waals surface area contributed by atoms with Gasteiger partial charge in [0.1, 0.15) is 0 Å². The van der Waals surface area contributed by atoms with Crippen LogP contribution in [0.1, 0.15) is 42.7 Å². The number of benzene rings is 2. The normalized spacial score (nSPS) is 24.5. The van der Waals surface area contributed by atoms with Crippen molar-refractivity contribution in [3.63, 3.8) is 0 Å². The molecule has 0 spiro atoms. The van der Waals surface area contributed by atoms with Crippen molar-refractivity contribution in [2.24, 2.45) is 11.8 Å². The van der Waals surface area contributed by atoms with E-state index < -0.39 is 17.8 Å². The summed E-state index contributed by atoms with van der Waals surface area (Å²) in [5.41, 5.74) is 1.76. The Morgan fingerprint density at radius 2 is 1.38 bits per heavy atom. The number of esters is 1. The van der Waals surface area contributed by atoms with Crippen LogP contribution in [0.3, 0.4) is 0 Å². The number of carbonyl (C=O) groups excluding carboxylic acids is 1. The number of unbranched alkanes of at least 4 members (excludes halogenated alkanes) is 1. The lowest BCUT2D eigenvalue weighted by Crippen LogP contribution is -2.51. The minimum atomic E-state index is -0.870. The van der Waals surface area contributed by atoms with E-state index in [4.69, 9.17) is 4.74 Å². The van der Waals surface area contributed by atoms with Crippen LogP contribution in [0.4, 0.5) is 0 Å². The molecule has 0 saturated heterocycles. The summed E-state index contributed by atoms with van der Waals surface area (Å²) in [4.78, 5) is 24.8. The van der Waals surface area contributed by atoms with Gasteiger partial charge in [-0.3, -0.25) is 9.59 Å². The van der Waals surface area contributed by atoms with E-state index in [9.17, 15) is 14.7 Å². The van der Waals surface area contributed by atoms with Gasteiger partial charge in [0.05, 0.1) is 18.4 Å². The highest BCUT2D eigenvalue weighted by Crippen LogP contribution is 2.58. The lowest BCUT2D eigenvalue weighted by molar-refractivity contribution is -0.164. The van der Waals surface area contributed by atoms with Crippen molar-refractivity contribution in [2.75, 3.05) is 6.61 Å². The SMILES string of the molecule is CCCCOC(=O)C1C(c2ccccc2)C(C(=O)O)C1c1ccccc1. The predicted molar refractivity (Wildman–Crippen MR) is 98.8 cm³/mol. The molecule has 2 unspecified atom stereocenters.